The molecule has 5 heteroatoms. The molecule has 1 aromatic rings. The van der Waals surface area contributed by atoms with Crippen molar-refractivity contribution in [2.75, 3.05) is 44.7 Å². The number of rotatable bonds is 6. The lowest BCUT2D eigenvalue weighted by Gasteiger charge is -2.26. The Kier molecular flexibility index (Phi) is 6.50. The second-order valence-electron chi connectivity index (χ2n) is 5.25. The van der Waals surface area contributed by atoms with Gasteiger partial charge in [0.15, 0.2) is 5.96 Å². The average molecular weight is 290 g/mol. The molecule has 0 bridgehead atoms. The number of hydrogen-bond donors (Lipinski definition) is 2. The van der Waals surface area contributed by atoms with Crippen LogP contribution < -0.4 is 11.1 Å². The van der Waals surface area contributed by atoms with E-state index in [9.17, 15) is 0 Å². The molecule has 0 spiro atoms. The third-order valence-electron chi connectivity index (χ3n) is 3.63. The van der Waals surface area contributed by atoms with Crippen LogP contribution in [0.2, 0.25) is 0 Å². The lowest BCUT2D eigenvalue weighted by atomic mass is 10.1. The summed E-state index contributed by atoms with van der Waals surface area (Å²) in [5.41, 5.74) is 8.22. The number of guanidine groups is 1. The van der Waals surface area contributed by atoms with Gasteiger partial charge in [0, 0.05) is 31.9 Å². The molecule has 0 radical (unpaired) electrons. The summed E-state index contributed by atoms with van der Waals surface area (Å²) in [5.74, 6) is 0.491. The fraction of sp³-hybridized carbons (Fsp3) is 0.562. The molecule has 1 fully saturated rings. The van der Waals surface area contributed by atoms with Gasteiger partial charge in [-0.05, 0) is 30.5 Å². The summed E-state index contributed by atoms with van der Waals surface area (Å²) in [6.45, 7) is 7.71. The van der Waals surface area contributed by atoms with Gasteiger partial charge in [-0.3, -0.25) is 9.89 Å². The highest BCUT2D eigenvalue weighted by Gasteiger charge is 2.08. The maximum absolute atomic E-state index is 5.92. The van der Waals surface area contributed by atoms with Crippen molar-refractivity contribution in [3.8, 4) is 0 Å². The zero-order valence-electron chi connectivity index (χ0n) is 12.8. The van der Waals surface area contributed by atoms with E-state index in [1.807, 2.05) is 12.1 Å². The van der Waals surface area contributed by atoms with E-state index >= 15 is 0 Å². The molecule has 0 aliphatic carbocycles. The number of anilines is 1. The van der Waals surface area contributed by atoms with Crippen LogP contribution in [0, 0.1) is 0 Å². The molecule has 0 unspecified atom stereocenters. The van der Waals surface area contributed by atoms with Crippen LogP contribution in [0.4, 0.5) is 5.69 Å². The number of ether oxygens (including phenoxy) is 1. The van der Waals surface area contributed by atoms with Crippen LogP contribution in [0.15, 0.2) is 29.3 Å². The van der Waals surface area contributed by atoms with E-state index in [0.717, 1.165) is 57.9 Å². The lowest BCUT2D eigenvalue weighted by molar-refractivity contribution is 0.0377. The molecule has 116 valence electrons. The monoisotopic (exact) mass is 290 g/mol. The normalized spacial score (nSPS) is 16.9. The molecular formula is C16H26N4O. The molecule has 21 heavy (non-hydrogen) atoms. The molecule has 0 aromatic heterocycles. The van der Waals surface area contributed by atoms with Gasteiger partial charge in [-0.2, -0.15) is 0 Å². The zero-order valence-corrected chi connectivity index (χ0v) is 12.8. The highest BCUT2D eigenvalue weighted by atomic mass is 16.5. The second kappa shape index (κ2) is 8.64. The summed E-state index contributed by atoms with van der Waals surface area (Å²) in [4.78, 5) is 6.79. The van der Waals surface area contributed by atoms with Gasteiger partial charge in [0.1, 0.15) is 0 Å². The maximum atomic E-state index is 5.92. The smallest absolute Gasteiger partial charge is 0.193 e. The minimum atomic E-state index is 0.491. The molecule has 5 nitrogen and oxygen atoms in total. The minimum absolute atomic E-state index is 0.491. The summed E-state index contributed by atoms with van der Waals surface area (Å²) in [7, 11) is 0. The number of aryl methyl sites for hydroxylation is 1. The van der Waals surface area contributed by atoms with Crippen molar-refractivity contribution in [2.24, 2.45) is 10.7 Å². The lowest BCUT2D eigenvalue weighted by Crippen LogP contribution is -2.37. The first-order valence-corrected chi connectivity index (χ1v) is 7.74. The first-order valence-electron chi connectivity index (χ1n) is 7.74. The molecule has 1 aliphatic heterocycles. The standard InChI is InChI=1S/C16H26N4O/c1-2-14-5-3-6-15(13-14)19-16(17)18-7-4-8-20-9-11-21-12-10-20/h3,5-6,13H,2,4,7-12H2,1H3,(H3,17,18,19). The van der Waals surface area contributed by atoms with Crippen molar-refractivity contribution >= 4 is 11.6 Å². The molecule has 0 saturated carbocycles. The van der Waals surface area contributed by atoms with E-state index in [4.69, 9.17) is 10.5 Å². The first kappa shape index (κ1) is 15.8. The van der Waals surface area contributed by atoms with Gasteiger partial charge in [0.05, 0.1) is 13.2 Å². The molecular weight excluding hydrogens is 264 g/mol. The fourth-order valence-electron chi connectivity index (χ4n) is 2.38. The van der Waals surface area contributed by atoms with E-state index in [0.29, 0.717) is 5.96 Å². The Morgan fingerprint density at radius 1 is 1.38 bits per heavy atom. The van der Waals surface area contributed by atoms with E-state index < -0.39 is 0 Å². The van der Waals surface area contributed by atoms with Crippen LogP contribution in [0.5, 0.6) is 0 Å². The van der Waals surface area contributed by atoms with E-state index in [1.54, 1.807) is 0 Å². The largest absolute Gasteiger partial charge is 0.379 e. The number of benzene rings is 1. The van der Waals surface area contributed by atoms with Crippen LogP contribution >= 0.6 is 0 Å². The van der Waals surface area contributed by atoms with Crippen molar-refractivity contribution in [1.82, 2.24) is 4.90 Å². The van der Waals surface area contributed by atoms with Crippen LogP contribution in [0.25, 0.3) is 0 Å². The van der Waals surface area contributed by atoms with Gasteiger partial charge in [-0.25, -0.2) is 0 Å². The number of nitrogens with zero attached hydrogens (tertiary/aromatic N) is 2. The third kappa shape index (κ3) is 5.73. The molecule has 0 atom stereocenters. The van der Waals surface area contributed by atoms with Crippen molar-refractivity contribution in [2.45, 2.75) is 19.8 Å². The van der Waals surface area contributed by atoms with Crippen LogP contribution in [0.3, 0.4) is 0 Å². The number of nitrogens with one attached hydrogen (secondary N) is 1. The average Bonchev–Trinajstić information content (AvgIpc) is 2.53. The van der Waals surface area contributed by atoms with Crippen molar-refractivity contribution < 1.29 is 4.74 Å². The Labute approximate surface area is 127 Å². The Morgan fingerprint density at radius 3 is 2.95 bits per heavy atom. The van der Waals surface area contributed by atoms with Gasteiger partial charge in [0.25, 0.3) is 0 Å². The molecule has 2 rings (SSSR count). The van der Waals surface area contributed by atoms with Crippen molar-refractivity contribution in [3.63, 3.8) is 0 Å². The van der Waals surface area contributed by atoms with Crippen molar-refractivity contribution in [1.29, 1.82) is 0 Å². The van der Waals surface area contributed by atoms with E-state index in [2.05, 4.69) is 34.3 Å². The number of aliphatic imine (C=N–C) groups is 1. The molecule has 0 amide bonds. The Bertz CT molecular complexity index is 455. The quantitative estimate of drug-likeness (QED) is 0.475. The number of hydrogen-bond acceptors (Lipinski definition) is 3. The number of morpholine rings is 1. The molecule has 1 heterocycles. The molecule has 1 aliphatic rings. The van der Waals surface area contributed by atoms with Crippen molar-refractivity contribution in [3.05, 3.63) is 29.8 Å². The van der Waals surface area contributed by atoms with Gasteiger partial charge >= 0.3 is 0 Å². The summed E-state index contributed by atoms with van der Waals surface area (Å²) in [6.07, 6.45) is 2.05. The fourth-order valence-corrected chi connectivity index (χ4v) is 2.38. The molecule has 1 saturated heterocycles. The predicted octanol–water partition coefficient (Wildman–Crippen LogP) is 1.70. The van der Waals surface area contributed by atoms with E-state index in [-0.39, 0.29) is 0 Å². The predicted molar refractivity (Wildman–Crippen MR) is 87.8 cm³/mol. The van der Waals surface area contributed by atoms with Crippen LogP contribution in [0.1, 0.15) is 18.9 Å². The summed E-state index contributed by atoms with van der Waals surface area (Å²) in [6, 6.07) is 8.26. The summed E-state index contributed by atoms with van der Waals surface area (Å²) < 4.78 is 5.33. The van der Waals surface area contributed by atoms with Crippen LogP contribution in [-0.2, 0) is 11.2 Å². The SMILES string of the molecule is CCc1cccc(NC(N)=NCCCN2CCOCC2)c1. The Balaban J connectivity index is 1.70. The number of nitrogens with two attached hydrogens (primary N) is 1. The third-order valence-corrected chi connectivity index (χ3v) is 3.63. The van der Waals surface area contributed by atoms with Gasteiger partial charge in [-0.1, -0.05) is 19.1 Å². The summed E-state index contributed by atoms with van der Waals surface area (Å²) >= 11 is 0. The molecule has 3 N–H and O–H groups in total. The van der Waals surface area contributed by atoms with E-state index in [1.165, 1.54) is 5.56 Å². The van der Waals surface area contributed by atoms with Gasteiger partial charge < -0.3 is 15.8 Å². The highest BCUT2D eigenvalue weighted by molar-refractivity contribution is 5.92. The van der Waals surface area contributed by atoms with Gasteiger partial charge in [-0.15, -0.1) is 0 Å². The summed E-state index contributed by atoms with van der Waals surface area (Å²) in [5, 5.41) is 3.15. The topological polar surface area (TPSA) is 62.9 Å². The Morgan fingerprint density at radius 2 is 2.19 bits per heavy atom. The zero-order chi connectivity index (χ0) is 14.9. The Hall–Kier alpha value is -1.59. The molecule has 1 aromatic carbocycles. The first-order chi connectivity index (χ1) is 10.3. The minimum Gasteiger partial charge on any atom is -0.379 e. The van der Waals surface area contributed by atoms with Crippen LogP contribution in [-0.4, -0.2) is 50.3 Å². The maximum Gasteiger partial charge on any atom is 0.193 e. The van der Waals surface area contributed by atoms with Gasteiger partial charge in [0.2, 0.25) is 0 Å². The second-order valence-corrected chi connectivity index (χ2v) is 5.25. The highest BCUT2D eigenvalue weighted by Crippen LogP contribution is 2.10.